The van der Waals surface area contributed by atoms with Gasteiger partial charge in [0, 0.05) is 19.7 Å². The lowest BCUT2D eigenvalue weighted by Crippen LogP contribution is -2.41. The number of rotatable bonds is 4. The Hall–Kier alpha value is -2.61. The predicted octanol–water partition coefficient (Wildman–Crippen LogP) is 1.80. The van der Waals surface area contributed by atoms with E-state index in [1.807, 2.05) is 35.4 Å². The van der Waals surface area contributed by atoms with Crippen LogP contribution in [0.4, 0.5) is 0 Å². The highest BCUT2D eigenvalue weighted by atomic mass is 16.6. The van der Waals surface area contributed by atoms with Crippen molar-refractivity contribution in [2.45, 2.75) is 33.0 Å². The summed E-state index contributed by atoms with van der Waals surface area (Å²) < 4.78 is 18.8. The molecule has 1 amide bonds. The fourth-order valence-corrected chi connectivity index (χ4v) is 3.42. The van der Waals surface area contributed by atoms with Gasteiger partial charge in [-0.2, -0.15) is 0 Å². The van der Waals surface area contributed by atoms with Gasteiger partial charge >= 0.3 is 0 Å². The maximum atomic E-state index is 13.2. The van der Waals surface area contributed by atoms with Gasteiger partial charge in [0.15, 0.2) is 23.1 Å². The minimum Gasteiger partial charge on any atom is -0.486 e. The van der Waals surface area contributed by atoms with Crippen LogP contribution < -0.4 is 9.47 Å². The van der Waals surface area contributed by atoms with Gasteiger partial charge in [-0.3, -0.25) is 4.79 Å². The van der Waals surface area contributed by atoms with Gasteiger partial charge in [-0.05, 0) is 26.0 Å². The number of ether oxygens (including phenoxy) is 3. The van der Waals surface area contributed by atoms with Gasteiger partial charge in [-0.15, -0.1) is 10.2 Å². The van der Waals surface area contributed by atoms with Crippen LogP contribution in [-0.4, -0.2) is 51.9 Å². The van der Waals surface area contributed by atoms with Crippen LogP contribution in [-0.2, 0) is 17.9 Å². The summed E-state index contributed by atoms with van der Waals surface area (Å²) in [5, 5.41) is 8.52. The number of para-hydroxylation sites is 1. The Balaban J connectivity index is 1.60. The number of hydrogen-bond acceptors (Lipinski definition) is 6. The van der Waals surface area contributed by atoms with Gasteiger partial charge in [0.25, 0.3) is 5.91 Å². The van der Waals surface area contributed by atoms with Crippen LogP contribution in [0.25, 0.3) is 0 Å². The number of amides is 1. The normalized spacial score (nSPS) is 18.5. The second-order valence-corrected chi connectivity index (χ2v) is 6.27. The molecule has 2 aromatic rings. The third kappa shape index (κ3) is 2.80. The first-order valence-corrected chi connectivity index (χ1v) is 8.90. The lowest BCUT2D eigenvalue weighted by atomic mass is 10.1. The summed E-state index contributed by atoms with van der Waals surface area (Å²) in [6.45, 7) is 7.14. The van der Waals surface area contributed by atoms with E-state index in [-0.39, 0.29) is 11.9 Å². The van der Waals surface area contributed by atoms with Crippen molar-refractivity contribution in [3.05, 3.63) is 35.4 Å². The van der Waals surface area contributed by atoms with Gasteiger partial charge < -0.3 is 23.7 Å². The summed E-state index contributed by atoms with van der Waals surface area (Å²) in [7, 11) is 0. The average Bonchev–Trinajstić information content (AvgIpc) is 3.09. The van der Waals surface area contributed by atoms with E-state index in [0.29, 0.717) is 56.6 Å². The van der Waals surface area contributed by atoms with Crippen LogP contribution in [0.2, 0.25) is 0 Å². The molecule has 8 heteroatoms. The molecular formula is C18H22N4O4. The second-order valence-electron chi connectivity index (χ2n) is 6.27. The molecule has 0 N–H and O–H groups in total. The molecule has 1 atom stereocenters. The van der Waals surface area contributed by atoms with Crippen LogP contribution in [0.1, 0.15) is 41.9 Å². The molecular weight excluding hydrogens is 336 g/mol. The molecule has 8 nitrogen and oxygen atoms in total. The van der Waals surface area contributed by atoms with E-state index in [2.05, 4.69) is 10.2 Å². The smallest absolute Gasteiger partial charge is 0.258 e. The van der Waals surface area contributed by atoms with Crippen LogP contribution >= 0.6 is 0 Å². The standard InChI is InChI=1S/C18H22N4O4/c1-3-24-11-15-19-20-17-12(2)21(7-8-22(15)17)18(23)13-5-4-6-14-16(13)26-10-9-25-14/h4-6,12H,3,7-11H2,1-2H3. The SMILES string of the molecule is CCOCc1nnc2n1CCN(C(=O)c1cccc3c1OCCO3)C2C. The molecule has 0 bridgehead atoms. The van der Waals surface area contributed by atoms with Gasteiger partial charge in [0.2, 0.25) is 0 Å². The van der Waals surface area contributed by atoms with Gasteiger partial charge in [0.1, 0.15) is 19.8 Å². The predicted molar refractivity (Wildman–Crippen MR) is 92.2 cm³/mol. The first-order chi connectivity index (χ1) is 12.7. The third-order valence-electron chi connectivity index (χ3n) is 4.75. The zero-order valence-electron chi connectivity index (χ0n) is 15.0. The number of fused-ring (bicyclic) bond motifs is 2. The highest BCUT2D eigenvalue weighted by molar-refractivity contribution is 5.98. The number of aromatic nitrogens is 3. The van der Waals surface area contributed by atoms with E-state index < -0.39 is 0 Å². The maximum absolute atomic E-state index is 13.2. The molecule has 0 aliphatic carbocycles. The molecule has 0 radical (unpaired) electrons. The molecule has 0 saturated carbocycles. The largest absolute Gasteiger partial charge is 0.486 e. The zero-order valence-corrected chi connectivity index (χ0v) is 15.0. The van der Waals surface area contributed by atoms with E-state index in [1.54, 1.807) is 6.07 Å². The lowest BCUT2D eigenvalue weighted by Gasteiger charge is -2.34. The summed E-state index contributed by atoms with van der Waals surface area (Å²) in [5.74, 6) is 2.64. The van der Waals surface area contributed by atoms with E-state index in [4.69, 9.17) is 14.2 Å². The van der Waals surface area contributed by atoms with E-state index in [0.717, 1.165) is 11.6 Å². The Kier molecular flexibility index (Phi) is 4.50. The third-order valence-corrected chi connectivity index (χ3v) is 4.75. The topological polar surface area (TPSA) is 78.7 Å². The second kappa shape index (κ2) is 6.95. The number of hydrogen-bond donors (Lipinski definition) is 0. The fourth-order valence-electron chi connectivity index (χ4n) is 3.42. The molecule has 138 valence electrons. The minimum atomic E-state index is -0.181. The van der Waals surface area contributed by atoms with Crippen molar-refractivity contribution in [1.29, 1.82) is 0 Å². The molecule has 0 spiro atoms. The van der Waals surface area contributed by atoms with Crippen LogP contribution in [0.3, 0.4) is 0 Å². The van der Waals surface area contributed by atoms with Crippen LogP contribution in [0.5, 0.6) is 11.5 Å². The lowest BCUT2D eigenvalue weighted by molar-refractivity contribution is 0.0620. The summed E-state index contributed by atoms with van der Waals surface area (Å²) in [6, 6.07) is 5.24. The first kappa shape index (κ1) is 16.8. The van der Waals surface area contributed by atoms with E-state index in [9.17, 15) is 4.79 Å². The van der Waals surface area contributed by atoms with Gasteiger partial charge in [-0.1, -0.05) is 6.07 Å². The Labute approximate surface area is 151 Å². The highest BCUT2D eigenvalue weighted by Crippen LogP contribution is 2.36. The molecule has 0 fully saturated rings. The molecule has 1 aromatic carbocycles. The quantitative estimate of drug-likeness (QED) is 0.829. The molecule has 2 aliphatic rings. The summed E-state index contributed by atoms with van der Waals surface area (Å²) in [6.07, 6.45) is 0. The van der Waals surface area contributed by atoms with Gasteiger partial charge in [-0.25, -0.2) is 0 Å². The molecule has 1 aromatic heterocycles. The first-order valence-electron chi connectivity index (χ1n) is 8.90. The molecule has 0 saturated heterocycles. The number of nitrogens with zero attached hydrogens (tertiary/aromatic N) is 4. The van der Waals surface area contributed by atoms with Crippen molar-refractivity contribution < 1.29 is 19.0 Å². The van der Waals surface area contributed by atoms with Crippen molar-refractivity contribution in [1.82, 2.24) is 19.7 Å². The number of carbonyl (C=O) groups is 1. The molecule has 3 heterocycles. The summed E-state index contributed by atoms with van der Waals surface area (Å²) in [4.78, 5) is 15.0. The molecule has 2 aliphatic heterocycles. The number of benzene rings is 1. The van der Waals surface area contributed by atoms with Crippen molar-refractivity contribution in [2.24, 2.45) is 0 Å². The summed E-state index contributed by atoms with van der Waals surface area (Å²) in [5.41, 5.74) is 0.525. The van der Waals surface area contributed by atoms with Crippen molar-refractivity contribution >= 4 is 5.91 Å². The van der Waals surface area contributed by atoms with Crippen LogP contribution in [0, 0.1) is 0 Å². The summed E-state index contributed by atoms with van der Waals surface area (Å²) >= 11 is 0. The Bertz CT molecular complexity index is 820. The van der Waals surface area contributed by atoms with Crippen molar-refractivity contribution in [3.63, 3.8) is 0 Å². The monoisotopic (exact) mass is 358 g/mol. The Morgan fingerprint density at radius 2 is 2.12 bits per heavy atom. The fraction of sp³-hybridized carbons (Fsp3) is 0.500. The Morgan fingerprint density at radius 3 is 2.96 bits per heavy atom. The maximum Gasteiger partial charge on any atom is 0.258 e. The highest BCUT2D eigenvalue weighted by Gasteiger charge is 2.33. The average molecular weight is 358 g/mol. The zero-order chi connectivity index (χ0) is 18.1. The van der Waals surface area contributed by atoms with Crippen molar-refractivity contribution in [2.75, 3.05) is 26.4 Å². The minimum absolute atomic E-state index is 0.0829. The van der Waals surface area contributed by atoms with E-state index in [1.165, 1.54) is 0 Å². The van der Waals surface area contributed by atoms with Gasteiger partial charge in [0.05, 0.1) is 11.6 Å². The Morgan fingerprint density at radius 1 is 1.27 bits per heavy atom. The molecule has 4 rings (SSSR count). The molecule has 1 unspecified atom stereocenters. The number of carbonyl (C=O) groups excluding carboxylic acids is 1. The molecule has 26 heavy (non-hydrogen) atoms. The van der Waals surface area contributed by atoms with Crippen LogP contribution in [0.15, 0.2) is 18.2 Å². The van der Waals surface area contributed by atoms with Crippen molar-refractivity contribution in [3.8, 4) is 11.5 Å². The van der Waals surface area contributed by atoms with E-state index >= 15 is 0 Å².